The molecular formula is C29H36N2O3S. The molecule has 0 aliphatic heterocycles. The van der Waals surface area contributed by atoms with E-state index in [2.05, 4.69) is 31.3 Å². The van der Waals surface area contributed by atoms with Crippen LogP contribution in [-0.2, 0) is 22.0 Å². The Morgan fingerprint density at radius 3 is 2.20 bits per heavy atom. The number of anilines is 1. The molecule has 0 aromatic heterocycles. The first kappa shape index (κ1) is 26.5. The summed E-state index contributed by atoms with van der Waals surface area (Å²) in [4.78, 5) is 12.9. The number of hydrogen-bond donors (Lipinski definition) is 1. The maximum Gasteiger partial charge on any atom is 0.251 e. The minimum Gasteiger partial charge on any atom is -0.350 e. The topological polar surface area (TPSA) is 66.5 Å². The fraction of sp³-hybridized carbons (Fsp3) is 0.345. The highest BCUT2D eigenvalue weighted by Crippen LogP contribution is 2.28. The van der Waals surface area contributed by atoms with Crippen molar-refractivity contribution in [1.82, 2.24) is 5.32 Å². The van der Waals surface area contributed by atoms with E-state index in [4.69, 9.17) is 0 Å². The Morgan fingerprint density at radius 2 is 1.60 bits per heavy atom. The van der Waals surface area contributed by atoms with Gasteiger partial charge in [-0.25, -0.2) is 8.42 Å². The van der Waals surface area contributed by atoms with E-state index in [0.717, 1.165) is 23.1 Å². The average molecular weight is 493 g/mol. The molecule has 0 spiro atoms. The highest BCUT2D eigenvalue weighted by molar-refractivity contribution is 7.92. The van der Waals surface area contributed by atoms with E-state index in [1.807, 2.05) is 69.3 Å². The van der Waals surface area contributed by atoms with Crippen LogP contribution in [0, 0.1) is 13.8 Å². The van der Waals surface area contributed by atoms with Gasteiger partial charge in [-0.1, -0.05) is 68.4 Å². The summed E-state index contributed by atoms with van der Waals surface area (Å²) in [6, 6.07) is 23.2. The second kappa shape index (κ2) is 10.6. The molecule has 3 aromatic rings. The van der Waals surface area contributed by atoms with Gasteiger partial charge in [0.2, 0.25) is 10.0 Å². The van der Waals surface area contributed by atoms with Gasteiger partial charge in [0.15, 0.2) is 0 Å². The summed E-state index contributed by atoms with van der Waals surface area (Å²) in [5.74, 6) is -0.137. The number of aryl methyl sites for hydroxylation is 2. The third kappa shape index (κ3) is 6.95. The fourth-order valence-corrected chi connectivity index (χ4v) is 5.36. The van der Waals surface area contributed by atoms with Crippen LogP contribution < -0.4 is 9.62 Å². The predicted molar refractivity (Wildman–Crippen MR) is 144 cm³/mol. The lowest BCUT2D eigenvalue weighted by Gasteiger charge is -2.29. The molecule has 1 amide bonds. The number of carbonyl (C=O) groups excluding carboxylic acids is 1. The molecule has 5 nitrogen and oxygen atoms in total. The van der Waals surface area contributed by atoms with Crippen LogP contribution in [0.2, 0.25) is 0 Å². The van der Waals surface area contributed by atoms with Gasteiger partial charge in [-0.05, 0) is 73.1 Å². The monoisotopic (exact) mass is 492 g/mol. The van der Waals surface area contributed by atoms with Gasteiger partial charge in [-0.15, -0.1) is 0 Å². The number of amides is 1. The lowest BCUT2D eigenvalue weighted by atomic mass is 9.79. The van der Waals surface area contributed by atoms with E-state index in [1.54, 1.807) is 12.1 Å². The van der Waals surface area contributed by atoms with Gasteiger partial charge in [0.05, 0.1) is 18.5 Å². The van der Waals surface area contributed by atoms with Crippen molar-refractivity contribution in [3.63, 3.8) is 0 Å². The summed E-state index contributed by atoms with van der Waals surface area (Å²) in [6.45, 7) is 10.4. The summed E-state index contributed by atoms with van der Waals surface area (Å²) in [7, 11) is -3.48. The molecule has 1 atom stereocenters. The van der Waals surface area contributed by atoms with Crippen LogP contribution in [0.15, 0.2) is 72.8 Å². The van der Waals surface area contributed by atoms with Crippen molar-refractivity contribution >= 4 is 21.6 Å². The first-order valence-electron chi connectivity index (χ1n) is 11.9. The summed E-state index contributed by atoms with van der Waals surface area (Å²) in [6.07, 6.45) is 2.02. The van der Waals surface area contributed by atoms with E-state index in [1.165, 1.54) is 16.1 Å². The molecule has 1 unspecified atom stereocenters. The van der Waals surface area contributed by atoms with Gasteiger partial charge in [-0.2, -0.15) is 0 Å². The maximum atomic E-state index is 12.9. The zero-order valence-electron chi connectivity index (χ0n) is 21.5. The standard InChI is InChI=1S/C29H36N2O3S/c1-21-12-13-22(2)27(18-21)31(35(6,33)34)20-24-14-16-25(17-15-24)28(32)30-23(3)19-29(4,5)26-10-8-7-9-11-26/h7-18,23H,19-20H2,1-6H3,(H,30,32). The lowest BCUT2D eigenvalue weighted by molar-refractivity contribution is 0.0934. The molecule has 3 rings (SSSR count). The summed E-state index contributed by atoms with van der Waals surface area (Å²) in [5, 5.41) is 3.10. The Balaban J connectivity index is 1.69. The van der Waals surface area contributed by atoms with Gasteiger partial charge >= 0.3 is 0 Å². The lowest BCUT2D eigenvalue weighted by Crippen LogP contribution is -2.37. The Hall–Kier alpha value is -3.12. The number of hydrogen-bond acceptors (Lipinski definition) is 3. The van der Waals surface area contributed by atoms with Gasteiger partial charge in [0, 0.05) is 11.6 Å². The largest absolute Gasteiger partial charge is 0.350 e. The fourth-order valence-electron chi connectivity index (χ4n) is 4.43. The summed E-state index contributed by atoms with van der Waals surface area (Å²) in [5.41, 5.74) is 5.09. The van der Waals surface area contributed by atoms with Gasteiger partial charge < -0.3 is 5.32 Å². The minimum absolute atomic E-state index is 0.0117. The normalized spacial score (nSPS) is 12.7. The SMILES string of the molecule is Cc1ccc(C)c(N(Cc2ccc(C(=O)NC(C)CC(C)(C)c3ccccc3)cc2)S(C)(=O)=O)c1. The van der Waals surface area contributed by atoms with Crippen LogP contribution in [0.5, 0.6) is 0 Å². The summed E-state index contributed by atoms with van der Waals surface area (Å²) >= 11 is 0. The quantitative estimate of drug-likeness (QED) is 0.413. The second-order valence-electron chi connectivity index (χ2n) is 10.1. The van der Waals surface area contributed by atoms with Crippen LogP contribution in [0.1, 0.15) is 59.8 Å². The predicted octanol–water partition coefficient (Wildman–Crippen LogP) is 5.76. The Bertz CT molecular complexity index is 1270. The van der Waals surface area contributed by atoms with Crippen molar-refractivity contribution in [3.8, 4) is 0 Å². The molecule has 6 heteroatoms. The Morgan fingerprint density at radius 1 is 0.971 bits per heavy atom. The third-order valence-corrected chi connectivity index (χ3v) is 7.45. The van der Waals surface area contributed by atoms with Crippen LogP contribution >= 0.6 is 0 Å². The number of nitrogens with zero attached hydrogens (tertiary/aromatic N) is 1. The van der Waals surface area contributed by atoms with Crippen LogP contribution in [0.25, 0.3) is 0 Å². The van der Waals surface area contributed by atoms with E-state index in [-0.39, 0.29) is 23.9 Å². The smallest absolute Gasteiger partial charge is 0.251 e. The van der Waals surface area contributed by atoms with Crippen molar-refractivity contribution < 1.29 is 13.2 Å². The molecule has 0 saturated heterocycles. The first-order valence-corrected chi connectivity index (χ1v) is 13.7. The number of carbonyl (C=O) groups is 1. The van der Waals surface area contributed by atoms with Crippen molar-refractivity contribution in [2.24, 2.45) is 0 Å². The number of sulfonamides is 1. The van der Waals surface area contributed by atoms with Crippen molar-refractivity contribution in [2.45, 2.75) is 59.0 Å². The molecule has 3 aromatic carbocycles. The molecule has 0 aliphatic rings. The molecule has 186 valence electrons. The van der Waals surface area contributed by atoms with Crippen molar-refractivity contribution in [2.75, 3.05) is 10.6 Å². The average Bonchev–Trinajstić information content (AvgIpc) is 2.79. The van der Waals surface area contributed by atoms with E-state index < -0.39 is 10.0 Å². The molecule has 35 heavy (non-hydrogen) atoms. The van der Waals surface area contributed by atoms with Gasteiger partial charge in [0.25, 0.3) is 5.91 Å². The molecule has 0 fully saturated rings. The number of benzene rings is 3. The molecular weight excluding hydrogens is 456 g/mol. The zero-order valence-corrected chi connectivity index (χ0v) is 22.3. The molecule has 0 radical (unpaired) electrons. The second-order valence-corrected chi connectivity index (χ2v) is 12.0. The highest BCUT2D eigenvalue weighted by atomic mass is 32.2. The van der Waals surface area contributed by atoms with E-state index in [0.29, 0.717) is 11.3 Å². The first-order chi connectivity index (χ1) is 16.4. The van der Waals surface area contributed by atoms with Crippen molar-refractivity contribution in [3.05, 3.63) is 101 Å². The van der Waals surface area contributed by atoms with Crippen molar-refractivity contribution in [1.29, 1.82) is 0 Å². The van der Waals surface area contributed by atoms with Crippen LogP contribution in [0.3, 0.4) is 0 Å². The maximum absolute atomic E-state index is 12.9. The molecule has 0 aliphatic carbocycles. The van der Waals surface area contributed by atoms with Gasteiger partial charge in [-0.3, -0.25) is 9.10 Å². The number of rotatable bonds is 9. The summed E-state index contributed by atoms with van der Waals surface area (Å²) < 4.78 is 26.6. The number of nitrogens with one attached hydrogen (secondary N) is 1. The third-order valence-electron chi connectivity index (χ3n) is 6.33. The molecule has 0 heterocycles. The van der Waals surface area contributed by atoms with E-state index in [9.17, 15) is 13.2 Å². The zero-order chi connectivity index (χ0) is 25.8. The molecule has 0 saturated carbocycles. The highest BCUT2D eigenvalue weighted by Gasteiger charge is 2.24. The van der Waals surface area contributed by atoms with Crippen LogP contribution in [-0.4, -0.2) is 26.6 Å². The van der Waals surface area contributed by atoms with Crippen LogP contribution in [0.4, 0.5) is 5.69 Å². The Labute approximate surface area is 210 Å². The minimum atomic E-state index is -3.48. The Kier molecular flexibility index (Phi) is 8.06. The van der Waals surface area contributed by atoms with Gasteiger partial charge in [0.1, 0.15) is 0 Å². The van der Waals surface area contributed by atoms with E-state index >= 15 is 0 Å². The molecule has 0 bridgehead atoms. The molecule has 1 N–H and O–H groups in total.